The second-order valence-corrected chi connectivity index (χ2v) is 5.70. The number of rotatable bonds is 2. The van der Waals surface area contributed by atoms with Gasteiger partial charge in [0.2, 0.25) is 0 Å². The number of nitrogens with zero attached hydrogens (tertiary/aromatic N) is 1. The standard InChI is InChI=1S/C16H24N2/c1-2-4-14(5-3-1)15-6-8-16(9-7-15)18-12-10-17-11-13-18/h1-5,15-17H,6-13H2/t15-,16+. The fourth-order valence-electron chi connectivity index (χ4n) is 3.55. The second-order valence-electron chi connectivity index (χ2n) is 5.70. The molecule has 0 bridgehead atoms. The molecule has 1 aliphatic carbocycles. The van der Waals surface area contributed by atoms with E-state index in [2.05, 4.69) is 40.5 Å². The van der Waals surface area contributed by atoms with Crippen molar-refractivity contribution in [1.82, 2.24) is 10.2 Å². The molecule has 1 aromatic carbocycles. The van der Waals surface area contributed by atoms with Gasteiger partial charge in [0, 0.05) is 32.2 Å². The number of piperazine rings is 1. The molecule has 3 rings (SSSR count). The molecule has 0 spiro atoms. The third kappa shape index (κ3) is 2.76. The molecular formula is C16H24N2. The molecule has 0 atom stereocenters. The predicted molar refractivity (Wildman–Crippen MR) is 75.9 cm³/mol. The molecule has 1 aliphatic heterocycles. The topological polar surface area (TPSA) is 15.3 Å². The monoisotopic (exact) mass is 244 g/mol. The Morgan fingerprint density at radius 3 is 2.22 bits per heavy atom. The van der Waals surface area contributed by atoms with E-state index in [9.17, 15) is 0 Å². The van der Waals surface area contributed by atoms with Gasteiger partial charge in [0.1, 0.15) is 0 Å². The minimum atomic E-state index is 0.811. The molecule has 0 aromatic heterocycles. The van der Waals surface area contributed by atoms with Crippen LogP contribution in [-0.2, 0) is 0 Å². The summed E-state index contributed by atoms with van der Waals surface area (Å²) >= 11 is 0. The van der Waals surface area contributed by atoms with Gasteiger partial charge < -0.3 is 5.32 Å². The van der Waals surface area contributed by atoms with Gasteiger partial charge in [-0.15, -0.1) is 0 Å². The molecule has 0 amide bonds. The summed E-state index contributed by atoms with van der Waals surface area (Å²) in [4.78, 5) is 2.71. The Labute approximate surface area is 110 Å². The van der Waals surface area contributed by atoms with E-state index in [0.717, 1.165) is 12.0 Å². The van der Waals surface area contributed by atoms with Crippen LogP contribution in [-0.4, -0.2) is 37.1 Å². The summed E-state index contributed by atoms with van der Waals surface area (Å²) in [5, 5.41) is 3.45. The lowest BCUT2D eigenvalue weighted by atomic mass is 9.81. The van der Waals surface area contributed by atoms with E-state index in [0.29, 0.717) is 0 Å². The van der Waals surface area contributed by atoms with Crippen molar-refractivity contribution in [3.63, 3.8) is 0 Å². The summed E-state index contributed by atoms with van der Waals surface area (Å²) in [6.45, 7) is 4.86. The fraction of sp³-hybridized carbons (Fsp3) is 0.625. The van der Waals surface area contributed by atoms with Crippen LogP contribution in [0, 0.1) is 0 Å². The highest BCUT2D eigenvalue weighted by atomic mass is 15.2. The van der Waals surface area contributed by atoms with Crippen molar-refractivity contribution in [2.24, 2.45) is 0 Å². The quantitative estimate of drug-likeness (QED) is 0.860. The van der Waals surface area contributed by atoms with Crippen LogP contribution in [0.25, 0.3) is 0 Å². The molecule has 1 N–H and O–H groups in total. The third-order valence-electron chi connectivity index (χ3n) is 4.64. The van der Waals surface area contributed by atoms with Crippen LogP contribution >= 0.6 is 0 Å². The highest BCUT2D eigenvalue weighted by Crippen LogP contribution is 2.34. The van der Waals surface area contributed by atoms with Crippen molar-refractivity contribution in [1.29, 1.82) is 0 Å². The number of benzene rings is 1. The highest BCUT2D eigenvalue weighted by molar-refractivity contribution is 5.20. The molecule has 2 heteroatoms. The van der Waals surface area contributed by atoms with E-state index in [4.69, 9.17) is 0 Å². The van der Waals surface area contributed by atoms with E-state index < -0.39 is 0 Å². The zero-order chi connectivity index (χ0) is 12.2. The molecule has 2 aliphatic rings. The zero-order valence-electron chi connectivity index (χ0n) is 11.1. The summed E-state index contributed by atoms with van der Waals surface area (Å²) < 4.78 is 0. The van der Waals surface area contributed by atoms with Crippen molar-refractivity contribution >= 4 is 0 Å². The summed E-state index contributed by atoms with van der Waals surface area (Å²) in [7, 11) is 0. The first kappa shape index (κ1) is 12.2. The molecule has 18 heavy (non-hydrogen) atoms. The van der Waals surface area contributed by atoms with E-state index in [1.807, 2.05) is 0 Å². The smallest absolute Gasteiger partial charge is 0.0110 e. The Balaban J connectivity index is 1.54. The Kier molecular flexibility index (Phi) is 3.96. The van der Waals surface area contributed by atoms with Crippen LogP contribution in [0.1, 0.15) is 37.2 Å². The number of nitrogens with one attached hydrogen (secondary N) is 1. The van der Waals surface area contributed by atoms with Gasteiger partial charge in [-0.1, -0.05) is 30.3 Å². The van der Waals surface area contributed by atoms with Crippen LogP contribution in [0.4, 0.5) is 0 Å². The summed E-state index contributed by atoms with van der Waals surface area (Å²) in [5.41, 5.74) is 1.55. The molecule has 98 valence electrons. The Hall–Kier alpha value is -0.860. The largest absolute Gasteiger partial charge is 0.314 e. The maximum Gasteiger partial charge on any atom is 0.0110 e. The van der Waals surface area contributed by atoms with E-state index in [1.165, 1.54) is 51.9 Å². The van der Waals surface area contributed by atoms with Crippen LogP contribution in [0.3, 0.4) is 0 Å². The summed E-state index contributed by atoms with van der Waals surface area (Å²) in [6.07, 6.45) is 5.52. The predicted octanol–water partition coefficient (Wildman–Crippen LogP) is 2.62. The lowest BCUT2D eigenvalue weighted by Gasteiger charge is -2.39. The molecule has 1 aromatic rings. The molecule has 0 radical (unpaired) electrons. The number of hydrogen-bond donors (Lipinski definition) is 1. The molecular weight excluding hydrogens is 220 g/mol. The van der Waals surface area contributed by atoms with Crippen molar-refractivity contribution in [2.45, 2.75) is 37.6 Å². The second kappa shape index (κ2) is 5.85. The average Bonchev–Trinajstić information content (AvgIpc) is 2.49. The van der Waals surface area contributed by atoms with Gasteiger partial charge in [0.25, 0.3) is 0 Å². The molecule has 2 nitrogen and oxygen atoms in total. The molecule has 2 fully saturated rings. The molecule has 0 unspecified atom stereocenters. The number of hydrogen-bond acceptors (Lipinski definition) is 2. The van der Waals surface area contributed by atoms with Gasteiger partial charge in [-0.3, -0.25) is 4.90 Å². The van der Waals surface area contributed by atoms with Crippen molar-refractivity contribution in [3.05, 3.63) is 35.9 Å². The van der Waals surface area contributed by atoms with Gasteiger partial charge in [0.15, 0.2) is 0 Å². The Morgan fingerprint density at radius 1 is 0.889 bits per heavy atom. The van der Waals surface area contributed by atoms with Gasteiger partial charge in [-0.25, -0.2) is 0 Å². The maximum absolute atomic E-state index is 3.45. The Bertz CT molecular complexity index is 349. The van der Waals surface area contributed by atoms with Gasteiger partial charge in [-0.2, -0.15) is 0 Å². The first-order valence-corrected chi connectivity index (χ1v) is 7.43. The highest BCUT2D eigenvalue weighted by Gasteiger charge is 2.26. The van der Waals surface area contributed by atoms with Crippen LogP contribution in [0.5, 0.6) is 0 Å². The van der Waals surface area contributed by atoms with Gasteiger partial charge in [0.05, 0.1) is 0 Å². The van der Waals surface area contributed by atoms with Crippen LogP contribution < -0.4 is 5.32 Å². The van der Waals surface area contributed by atoms with E-state index in [-0.39, 0.29) is 0 Å². The van der Waals surface area contributed by atoms with Crippen LogP contribution in [0.15, 0.2) is 30.3 Å². The summed E-state index contributed by atoms with van der Waals surface area (Å²) in [6, 6.07) is 11.9. The van der Waals surface area contributed by atoms with Gasteiger partial charge >= 0.3 is 0 Å². The van der Waals surface area contributed by atoms with Crippen molar-refractivity contribution in [2.75, 3.05) is 26.2 Å². The lowest BCUT2D eigenvalue weighted by molar-refractivity contribution is 0.133. The molecule has 1 saturated heterocycles. The van der Waals surface area contributed by atoms with Crippen LogP contribution in [0.2, 0.25) is 0 Å². The average molecular weight is 244 g/mol. The Morgan fingerprint density at radius 2 is 1.56 bits per heavy atom. The first-order valence-electron chi connectivity index (χ1n) is 7.43. The molecule has 1 heterocycles. The van der Waals surface area contributed by atoms with Crippen molar-refractivity contribution < 1.29 is 0 Å². The maximum atomic E-state index is 3.45. The third-order valence-corrected chi connectivity index (χ3v) is 4.64. The normalized spacial score (nSPS) is 30.2. The van der Waals surface area contributed by atoms with Gasteiger partial charge in [-0.05, 0) is 37.2 Å². The fourth-order valence-corrected chi connectivity index (χ4v) is 3.55. The van der Waals surface area contributed by atoms with E-state index in [1.54, 1.807) is 5.56 Å². The lowest BCUT2D eigenvalue weighted by Crippen LogP contribution is -2.49. The van der Waals surface area contributed by atoms with Crippen molar-refractivity contribution in [3.8, 4) is 0 Å². The minimum absolute atomic E-state index is 0.811. The SMILES string of the molecule is c1ccc([C@H]2CC[C@@H](N3CCNCC3)CC2)cc1. The molecule has 1 saturated carbocycles. The zero-order valence-corrected chi connectivity index (χ0v) is 11.1. The van der Waals surface area contributed by atoms with E-state index >= 15 is 0 Å². The summed E-state index contributed by atoms with van der Waals surface area (Å²) in [5.74, 6) is 0.811. The minimum Gasteiger partial charge on any atom is -0.314 e. The first-order chi connectivity index (χ1) is 8.93.